The Morgan fingerprint density at radius 2 is 2.00 bits per heavy atom. The van der Waals surface area contributed by atoms with Crippen LogP contribution in [-0.2, 0) is 4.79 Å². The normalized spacial score (nSPS) is 33.2. The zero-order chi connectivity index (χ0) is 20.1. The number of carbonyl (C=O) groups is 1. The molecular weight excluding hydrogens is 350 g/mol. The number of fused-ring (bicyclic) bond motifs is 1. The number of amides is 1. The fraction of sp³-hybridized carbons (Fsp3) is 0.792. The van der Waals surface area contributed by atoms with Gasteiger partial charge >= 0.3 is 0 Å². The minimum absolute atomic E-state index is 0.144. The van der Waals surface area contributed by atoms with Gasteiger partial charge in [-0.15, -0.1) is 0 Å². The second-order valence-corrected chi connectivity index (χ2v) is 9.61. The topological polar surface area (TPSA) is 69.6 Å². The van der Waals surface area contributed by atoms with Gasteiger partial charge < -0.3 is 15.5 Å². The number of hydrogen-bond donors (Lipinski definition) is 3. The number of unbranched alkanes of at least 4 members (excludes halogenated alkanes) is 1. The van der Waals surface area contributed by atoms with E-state index in [1.54, 1.807) is 0 Å². The van der Waals surface area contributed by atoms with Crippen molar-refractivity contribution in [1.29, 1.82) is 0 Å². The van der Waals surface area contributed by atoms with Crippen molar-refractivity contribution < 1.29 is 15.0 Å². The van der Waals surface area contributed by atoms with Crippen LogP contribution in [0.25, 0.3) is 0 Å². The van der Waals surface area contributed by atoms with Crippen LogP contribution < -0.4 is 5.32 Å². The summed E-state index contributed by atoms with van der Waals surface area (Å²) >= 11 is 0. The molecule has 0 aromatic rings. The zero-order valence-electron chi connectivity index (χ0n) is 17.6. The van der Waals surface area contributed by atoms with E-state index in [0.717, 1.165) is 44.9 Å². The number of carbonyl (C=O) groups excluding carboxylic acids is 1. The summed E-state index contributed by atoms with van der Waals surface area (Å²) in [6.07, 6.45) is 16.1. The van der Waals surface area contributed by atoms with Gasteiger partial charge in [-0.25, -0.2) is 0 Å². The molecule has 0 aromatic heterocycles. The summed E-state index contributed by atoms with van der Waals surface area (Å²) in [5, 5.41) is 23.9. The van der Waals surface area contributed by atoms with E-state index < -0.39 is 0 Å². The molecule has 3 rings (SSSR count). The molecule has 0 aromatic carbocycles. The smallest absolute Gasteiger partial charge is 0.220 e. The molecule has 0 heterocycles. The Hall–Kier alpha value is -1.13. The molecule has 28 heavy (non-hydrogen) atoms. The van der Waals surface area contributed by atoms with E-state index in [0.29, 0.717) is 24.2 Å². The molecule has 5 atom stereocenters. The Balaban J connectivity index is 1.46. The number of hydrogen-bond acceptors (Lipinski definition) is 3. The average molecular weight is 390 g/mol. The summed E-state index contributed by atoms with van der Waals surface area (Å²) < 4.78 is 0. The molecule has 158 valence electrons. The van der Waals surface area contributed by atoms with Crippen molar-refractivity contribution in [3.05, 3.63) is 23.8 Å². The summed E-state index contributed by atoms with van der Waals surface area (Å²) in [4.78, 5) is 11.7. The minimum Gasteiger partial charge on any atom is -0.392 e. The quantitative estimate of drug-likeness (QED) is 0.432. The van der Waals surface area contributed by atoms with Crippen LogP contribution in [0.2, 0.25) is 0 Å². The molecule has 3 aliphatic carbocycles. The highest BCUT2D eigenvalue weighted by atomic mass is 16.3. The van der Waals surface area contributed by atoms with Gasteiger partial charge in [-0.1, -0.05) is 36.6 Å². The van der Waals surface area contributed by atoms with Gasteiger partial charge in [0, 0.05) is 18.4 Å². The summed E-state index contributed by atoms with van der Waals surface area (Å²) in [7, 11) is 0. The van der Waals surface area contributed by atoms with Gasteiger partial charge in [-0.2, -0.15) is 0 Å². The molecule has 3 fully saturated rings. The molecule has 0 saturated heterocycles. The number of nitrogens with one attached hydrogen (secondary N) is 1. The third kappa shape index (κ3) is 5.70. The zero-order valence-corrected chi connectivity index (χ0v) is 17.6. The van der Waals surface area contributed by atoms with Crippen LogP contribution in [0.5, 0.6) is 0 Å². The van der Waals surface area contributed by atoms with Gasteiger partial charge in [-0.3, -0.25) is 4.79 Å². The summed E-state index contributed by atoms with van der Waals surface area (Å²) in [5.41, 5.74) is 1.50. The maximum absolute atomic E-state index is 11.7. The standard InChI is InChI=1S/C24H39NO3/c1-16(2)25-24(28)10-6-3-7-17-13-19-15-23(27)20(21(19)14-17)11-12-22(26)18-8-4-5-9-18/h7,11-12,16,18-23,26-27H,3-6,8-10,13-15H2,1-2H3,(H,25,28)/t19-,20+,21-,22+,23+/m0/s1. The lowest BCUT2D eigenvalue weighted by Gasteiger charge is -2.19. The molecule has 0 unspecified atom stereocenters. The van der Waals surface area contributed by atoms with Crippen LogP contribution >= 0.6 is 0 Å². The van der Waals surface area contributed by atoms with Crippen molar-refractivity contribution in [2.45, 2.75) is 96.3 Å². The van der Waals surface area contributed by atoms with Crippen LogP contribution in [0, 0.1) is 23.7 Å². The second-order valence-electron chi connectivity index (χ2n) is 9.61. The third-order valence-electron chi connectivity index (χ3n) is 7.01. The van der Waals surface area contributed by atoms with Crippen molar-refractivity contribution in [1.82, 2.24) is 5.32 Å². The summed E-state index contributed by atoms with van der Waals surface area (Å²) in [5.74, 6) is 1.83. The number of aliphatic hydroxyl groups excluding tert-OH is 2. The van der Waals surface area contributed by atoms with Gasteiger partial charge in [0.25, 0.3) is 0 Å². The Kier molecular flexibility index (Phi) is 7.76. The first-order valence-corrected chi connectivity index (χ1v) is 11.5. The monoisotopic (exact) mass is 389 g/mol. The van der Waals surface area contributed by atoms with Crippen LogP contribution in [0.15, 0.2) is 23.8 Å². The fourth-order valence-electron chi connectivity index (χ4n) is 5.60. The highest BCUT2D eigenvalue weighted by Crippen LogP contribution is 2.50. The van der Waals surface area contributed by atoms with Crippen molar-refractivity contribution in [3.8, 4) is 0 Å². The molecule has 4 nitrogen and oxygen atoms in total. The van der Waals surface area contributed by atoms with Crippen LogP contribution in [0.3, 0.4) is 0 Å². The van der Waals surface area contributed by atoms with E-state index in [9.17, 15) is 15.0 Å². The molecule has 4 heteroatoms. The molecule has 0 bridgehead atoms. The first-order valence-electron chi connectivity index (χ1n) is 11.5. The van der Waals surface area contributed by atoms with Gasteiger partial charge in [0.05, 0.1) is 12.2 Å². The lowest BCUT2D eigenvalue weighted by molar-refractivity contribution is -0.121. The minimum atomic E-state index is -0.345. The van der Waals surface area contributed by atoms with E-state index in [-0.39, 0.29) is 30.1 Å². The van der Waals surface area contributed by atoms with Crippen molar-refractivity contribution in [3.63, 3.8) is 0 Å². The van der Waals surface area contributed by atoms with Gasteiger partial charge in [-0.05, 0) is 76.5 Å². The molecule has 0 spiro atoms. The first kappa shape index (κ1) is 21.6. The summed E-state index contributed by atoms with van der Waals surface area (Å²) in [6, 6.07) is 0.212. The Bertz CT molecular complexity index is 576. The van der Waals surface area contributed by atoms with Crippen molar-refractivity contribution in [2.75, 3.05) is 0 Å². The number of rotatable bonds is 8. The second kappa shape index (κ2) is 10.1. The van der Waals surface area contributed by atoms with Gasteiger partial charge in [0.15, 0.2) is 0 Å². The first-order chi connectivity index (χ1) is 13.4. The Morgan fingerprint density at radius 3 is 2.71 bits per heavy atom. The average Bonchev–Trinajstić information content (AvgIpc) is 3.33. The maximum atomic E-state index is 11.7. The lowest BCUT2D eigenvalue weighted by atomic mass is 9.89. The molecule has 3 N–H and O–H groups in total. The number of allylic oxidation sites excluding steroid dienone is 2. The van der Waals surface area contributed by atoms with E-state index >= 15 is 0 Å². The van der Waals surface area contributed by atoms with Crippen LogP contribution in [-0.4, -0.2) is 34.4 Å². The molecule has 1 amide bonds. The lowest BCUT2D eigenvalue weighted by Crippen LogP contribution is -2.29. The highest BCUT2D eigenvalue weighted by Gasteiger charge is 2.45. The largest absolute Gasteiger partial charge is 0.392 e. The van der Waals surface area contributed by atoms with E-state index in [1.807, 2.05) is 19.9 Å². The Morgan fingerprint density at radius 1 is 1.25 bits per heavy atom. The van der Waals surface area contributed by atoms with E-state index in [2.05, 4.69) is 17.5 Å². The van der Waals surface area contributed by atoms with Crippen LogP contribution in [0.4, 0.5) is 0 Å². The van der Waals surface area contributed by atoms with Crippen molar-refractivity contribution in [2.24, 2.45) is 23.7 Å². The SMILES string of the molecule is CC(C)NC(=O)CCCC=C1C[C@H]2C[C@@H](O)[C@H](C=C[C@@H](O)C3CCCC3)[C@H]2C1. The third-order valence-corrected chi connectivity index (χ3v) is 7.01. The van der Waals surface area contributed by atoms with Gasteiger partial charge in [0.1, 0.15) is 0 Å². The molecule has 0 radical (unpaired) electrons. The van der Waals surface area contributed by atoms with E-state index in [4.69, 9.17) is 0 Å². The summed E-state index contributed by atoms with van der Waals surface area (Å²) in [6.45, 7) is 3.98. The predicted molar refractivity (Wildman–Crippen MR) is 113 cm³/mol. The maximum Gasteiger partial charge on any atom is 0.220 e. The fourth-order valence-corrected chi connectivity index (χ4v) is 5.60. The molecule has 3 saturated carbocycles. The predicted octanol–water partition coefficient (Wildman–Crippen LogP) is 4.12. The van der Waals surface area contributed by atoms with Gasteiger partial charge in [0.2, 0.25) is 5.91 Å². The number of aliphatic hydroxyl groups is 2. The van der Waals surface area contributed by atoms with Crippen LogP contribution in [0.1, 0.15) is 78.1 Å². The van der Waals surface area contributed by atoms with E-state index in [1.165, 1.54) is 18.4 Å². The molecule has 0 aliphatic heterocycles. The van der Waals surface area contributed by atoms with Crippen molar-refractivity contribution >= 4 is 5.91 Å². The Labute approximate surface area is 170 Å². The highest BCUT2D eigenvalue weighted by molar-refractivity contribution is 5.76. The molecular formula is C24H39NO3. The molecule has 3 aliphatic rings.